The first-order valence-corrected chi connectivity index (χ1v) is 5.50. The Morgan fingerprint density at radius 1 is 1.35 bits per heavy atom. The van der Waals surface area contributed by atoms with Crippen LogP contribution in [0, 0.1) is 5.41 Å². The van der Waals surface area contributed by atoms with Crippen LogP contribution < -0.4 is 0 Å². The van der Waals surface area contributed by atoms with Crippen LogP contribution in [0.25, 0.3) is 0 Å². The minimum absolute atomic E-state index is 0.563. The summed E-state index contributed by atoms with van der Waals surface area (Å²) in [5.74, 6) is 1.32. The number of hydrogen-bond donors (Lipinski definition) is 1. The summed E-state index contributed by atoms with van der Waals surface area (Å²) in [6, 6.07) is 8.03. The molecule has 86 valence electrons. The zero-order valence-electron chi connectivity index (χ0n) is 9.59. The van der Waals surface area contributed by atoms with Gasteiger partial charge in [-0.3, -0.25) is 10.1 Å². The second kappa shape index (κ2) is 3.69. The first kappa shape index (κ1) is 10.0. The van der Waals surface area contributed by atoms with Gasteiger partial charge in [0.15, 0.2) is 5.82 Å². The van der Waals surface area contributed by atoms with Gasteiger partial charge in [0.25, 0.3) is 0 Å². The number of nitrogens with zero attached hydrogens (tertiary/aromatic N) is 4. The van der Waals surface area contributed by atoms with E-state index >= 15 is 0 Å². The van der Waals surface area contributed by atoms with Crippen LogP contribution in [-0.2, 0) is 20.1 Å². The summed E-state index contributed by atoms with van der Waals surface area (Å²) >= 11 is 0. The second-order valence-corrected chi connectivity index (χ2v) is 4.20. The fourth-order valence-electron chi connectivity index (χ4n) is 2.11. The van der Waals surface area contributed by atoms with Gasteiger partial charge in [-0.15, -0.1) is 0 Å². The van der Waals surface area contributed by atoms with Crippen LogP contribution in [0.4, 0.5) is 0 Å². The van der Waals surface area contributed by atoms with E-state index in [0.29, 0.717) is 12.4 Å². The maximum absolute atomic E-state index is 8.11. The molecule has 0 saturated heterocycles. The molecule has 1 aromatic heterocycles. The van der Waals surface area contributed by atoms with Crippen molar-refractivity contribution >= 4 is 5.84 Å². The van der Waals surface area contributed by atoms with Gasteiger partial charge in [-0.2, -0.15) is 5.10 Å². The van der Waals surface area contributed by atoms with Crippen molar-refractivity contribution in [3.63, 3.8) is 0 Å². The highest BCUT2D eigenvalue weighted by molar-refractivity contribution is 6.00. The summed E-state index contributed by atoms with van der Waals surface area (Å²) < 4.78 is 1.68. The molecular formula is C12H13N5. The van der Waals surface area contributed by atoms with Gasteiger partial charge in [-0.1, -0.05) is 24.3 Å². The van der Waals surface area contributed by atoms with Crippen molar-refractivity contribution in [2.75, 3.05) is 0 Å². The molecule has 0 fully saturated rings. The molecule has 5 nitrogen and oxygen atoms in total. The zero-order valence-corrected chi connectivity index (χ0v) is 9.59. The topological polar surface area (TPSA) is 57.8 Å². The van der Waals surface area contributed by atoms with E-state index < -0.39 is 0 Å². The molecule has 1 N–H and O–H groups in total. The number of fused-ring (bicyclic) bond motifs is 1. The molecule has 0 bridgehead atoms. The summed E-state index contributed by atoms with van der Waals surface area (Å²) in [7, 11) is 1.85. The molecule has 0 saturated carbocycles. The van der Waals surface area contributed by atoms with Gasteiger partial charge in [0.2, 0.25) is 0 Å². The van der Waals surface area contributed by atoms with Gasteiger partial charge < -0.3 is 4.90 Å². The molecule has 2 aromatic rings. The lowest BCUT2D eigenvalue weighted by Gasteiger charge is -2.15. The van der Waals surface area contributed by atoms with Gasteiger partial charge in [-0.25, -0.2) is 4.98 Å². The maximum atomic E-state index is 8.11. The van der Waals surface area contributed by atoms with Crippen molar-refractivity contribution in [3.05, 3.63) is 47.5 Å². The molecule has 3 rings (SSSR count). The molecule has 0 radical (unpaired) electrons. The number of nitrogens with one attached hydrogen (secondary N) is 1. The van der Waals surface area contributed by atoms with E-state index in [1.165, 1.54) is 5.56 Å². The van der Waals surface area contributed by atoms with Crippen LogP contribution in [0.5, 0.6) is 0 Å². The van der Waals surface area contributed by atoms with Gasteiger partial charge in [0, 0.05) is 19.2 Å². The number of aromatic nitrogens is 3. The highest BCUT2D eigenvalue weighted by atomic mass is 15.3. The van der Waals surface area contributed by atoms with E-state index in [1.54, 1.807) is 11.0 Å². The van der Waals surface area contributed by atoms with E-state index in [-0.39, 0.29) is 0 Å². The molecule has 1 aliphatic rings. The summed E-state index contributed by atoms with van der Waals surface area (Å²) in [5.41, 5.74) is 2.22. The van der Waals surface area contributed by atoms with Gasteiger partial charge in [0.05, 0.1) is 6.54 Å². The van der Waals surface area contributed by atoms with Crippen molar-refractivity contribution in [2.24, 2.45) is 7.05 Å². The van der Waals surface area contributed by atoms with Crippen molar-refractivity contribution < 1.29 is 0 Å². The van der Waals surface area contributed by atoms with E-state index in [2.05, 4.69) is 16.1 Å². The average Bonchev–Trinajstić information content (AvgIpc) is 2.86. The van der Waals surface area contributed by atoms with Crippen LogP contribution in [0.2, 0.25) is 0 Å². The second-order valence-electron chi connectivity index (χ2n) is 4.20. The summed E-state index contributed by atoms with van der Waals surface area (Å²) in [6.07, 6.45) is 1.68. The third-order valence-corrected chi connectivity index (χ3v) is 2.93. The van der Waals surface area contributed by atoms with Crippen molar-refractivity contribution in [1.82, 2.24) is 19.7 Å². The number of aryl methyl sites for hydroxylation is 1. The number of rotatable bonds is 2. The van der Waals surface area contributed by atoms with Crippen molar-refractivity contribution in [2.45, 2.75) is 13.1 Å². The third kappa shape index (κ3) is 1.69. The third-order valence-electron chi connectivity index (χ3n) is 2.93. The van der Waals surface area contributed by atoms with Crippen LogP contribution in [-0.4, -0.2) is 25.5 Å². The number of hydrogen-bond acceptors (Lipinski definition) is 3. The predicted molar refractivity (Wildman–Crippen MR) is 63.5 cm³/mol. The van der Waals surface area contributed by atoms with E-state index in [4.69, 9.17) is 5.41 Å². The highest BCUT2D eigenvalue weighted by Crippen LogP contribution is 2.23. The Morgan fingerprint density at radius 3 is 2.88 bits per heavy atom. The van der Waals surface area contributed by atoms with E-state index in [0.717, 1.165) is 17.9 Å². The molecule has 0 atom stereocenters. The van der Waals surface area contributed by atoms with Gasteiger partial charge >= 0.3 is 0 Å². The monoisotopic (exact) mass is 227 g/mol. The molecule has 0 aliphatic carbocycles. The molecule has 0 spiro atoms. The number of amidine groups is 1. The van der Waals surface area contributed by atoms with Crippen LogP contribution in [0.3, 0.4) is 0 Å². The average molecular weight is 227 g/mol. The lowest BCUT2D eigenvalue weighted by atomic mass is 10.1. The molecule has 1 aromatic carbocycles. The maximum Gasteiger partial charge on any atom is 0.169 e. The lowest BCUT2D eigenvalue weighted by Crippen LogP contribution is -2.24. The standard InChI is InChI=1S/C12H13N5/c1-16-8-14-11(15-16)7-17-6-9-4-2-3-5-10(9)12(17)13/h2-5,8,13H,6-7H2,1H3. The Balaban J connectivity index is 1.82. The molecule has 2 heterocycles. The molecule has 17 heavy (non-hydrogen) atoms. The smallest absolute Gasteiger partial charge is 0.169 e. The largest absolute Gasteiger partial charge is 0.345 e. The Kier molecular flexibility index (Phi) is 2.18. The van der Waals surface area contributed by atoms with Crippen LogP contribution in [0.15, 0.2) is 30.6 Å². The fourth-order valence-corrected chi connectivity index (χ4v) is 2.11. The minimum Gasteiger partial charge on any atom is -0.345 e. The highest BCUT2D eigenvalue weighted by Gasteiger charge is 2.24. The van der Waals surface area contributed by atoms with Gasteiger partial charge in [0.1, 0.15) is 12.2 Å². The summed E-state index contributed by atoms with van der Waals surface area (Å²) in [5, 5.41) is 12.3. The Bertz CT molecular complexity index is 572. The first-order valence-electron chi connectivity index (χ1n) is 5.50. The van der Waals surface area contributed by atoms with Crippen LogP contribution >= 0.6 is 0 Å². The summed E-state index contributed by atoms with van der Waals surface area (Å²) in [4.78, 5) is 6.18. The Labute approximate surface area is 99.2 Å². The Morgan fingerprint density at radius 2 is 2.18 bits per heavy atom. The lowest BCUT2D eigenvalue weighted by molar-refractivity contribution is 0.409. The molecule has 0 unspecified atom stereocenters. The summed E-state index contributed by atoms with van der Waals surface area (Å²) in [6.45, 7) is 1.36. The SMILES string of the molecule is Cn1cnc(CN2Cc3ccccc3C2=N)n1. The quantitative estimate of drug-likeness (QED) is 0.837. The van der Waals surface area contributed by atoms with E-state index in [1.807, 2.05) is 30.1 Å². The zero-order chi connectivity index (χ0) is 11.8. The van der Waals surface area contributed by atoms with Crippen molar-refractivity contribution in [3.8, 4) is 0 Å². The van der Waals surface area contributed by atoms with E-state index in [9.17, 15) is 0 Å². The molecule has 5 heteroatoms. The first-order chi connectivity index (χ1) is 8.24. The predicted octanol–water partition coefficient (Wildman–Crippen LogP) is 1.16. The fraction of sp³-hybridized carbons (Fsp3) is 0.250. The molecular weight excluding hydrogens is 214 g/mol. The number of benzene rings is 1. The van der Waals surface area contributed by atoms with Crippen molar-refractivity contribution in [1.29, 1.82) is 5.41 Å². The van der Waals surface area contributed by atoms with Gasteiger partial charge in [-0.05, 0) is 5.56 Å². The normalized spacial score (nSPS) is 14.2. The molecule has 0 amide bonds. The minimum atomic E-state index is 0.563. The molecule has 1 aliphatic heterocycles. The van der Waals surface area contributed by atoms with Crippen LogP contribution in [0.1, 0.15) is 17.0 Å². The Hall–Kier alpha value is -2.17.